The molecule has 2 aromatic rings. The van der Waals surface area contributed by atoms with Crippen molar-refractivity contribution >= 4 is 22.6 Å². The summed E-state index contributed by atoms with van der Waals surface area (Å²) in [5, 5.41) is 0. The van der Waals surface area contributed by atoms with Crippen molar-refractivity contribution in [2.24, 2.45) is 5.73 Å². The van der Waals surface area contributed by atoms with Crippen molar-refractivity contribution in [2.75, 3.05) is 19.6 Å². The second-order valence-electron chi connectivity index (χ2n) is 5.88. The first-order valence-electron chi connectivity index (χ1n) is 8.61. The molecular formula is C19H28ClN3O2S. The molecule has 7 heteroatoms. The largest absolute Gasteiger partial charge is 0.330 e. The summed E-state index contributed by atoms with van der Waals surface area (Å²) in [6.07, 6.45) is 0.634. The Morgan fingerprint density at radius 1 is 0.846 bits per heavy atom. The summed E-state index contributed by atoms with van der Waals surface area (Å²) in [7, 11) is -3.57. The number of nitrogens with two attached hydrogens (primary N) is 1. The summed E-state index contributed by atoms with van der Waals surface area (Å²) >= 11 is 0. The van der Waals surface area contributed by atoms with Crippen molar-refractivity contribution in [2.45, 2.75) is 26.4 Å². The van der Waals surface area contributed by atoms with Crippen LogP contribution in [0, 0.1) is 0 Å². The van der Waals surface area contributed by atoms with Crippen molar-refractivity contribution in [3.05, 3.63) is 71.8 Å². The van der Waals surface area contributed by atoms with Gasteiger partial charge in [-0.25, -0.2) is 0 Å². The molecule has 2 rings (SSSR count). The number of hydrogen-bond acceptors (Lipinski definition) is 3. The highest BCUT2D eigenvalue weighted by atomic mass is 35.5. The molecule has 0 aromatic heterocycles. The van der Waals surface area contributed by atoms with Gasteiger partial charge in [-0.05, 0) is 24.1 Å². The molecule has 26 heavy (non-hydrogen) atoms. The van der Waals surface area contributed by atoms with E-state index in [-0.39, 0.29) is 12.4 Å². The zero-order chi connectivity index (χ0) is 18.1. The van der Waals surface area contributed by atoms with E-state index < -0.39 is 10.2 Å². The molecule has 0 amide bonds. The number of halogens is 1. The minimum atomic E-state index is -3.57. The summed E-state index contributed by atoms with van der Waals surface area (Å²) in [6, 6.07) is 19.3. The van der Waals surface area contributed by atoms with Crippen molar-refractivity contribution in [3.8, 4) is 0 Å². The molecule has 144 valence electrons. The molecule has 0 aliphatic carbocycles. The lowest BCUT2D eigenvalue weighted by molar-refractivity contribution is 0.332. The van der Waals surface area contributed by atoms with Crippen LogP contribution in [0.1, 0.15) is 24.5 Å². The summed E-state index contributed by atoms with van der Waals surface area (Å²) in [6.45, 7) is 3.89. The van der Waals surface area contributed by atoms with Crippen LogP contribution in [0.5, 0.6) is 0 Å². The molecule has 0 spiro atoms. The van der Waals surface area contributed by atoms with Crippen molar-refractivity contribution in [1.29, 1.82) is 0 Å². The second-order valence-corrected chi connectivity index (χ2v) is 7.81. The zero-order valence-corrected chi connectivity index (χ0v) is 16.8. The highest BCUT2D eigenvalue weighted by molar-refractivity contribution is 7.86. The van der Waals surface area contributed by atoms with Crippen LogP contribution in [-0.2, 0) is 23.3 Å². The van der Waals surface area contributed by atoms with Gasteiger partial charge in [-0.1, -0.05) is 67.6 Å². The van der Waals surface area contributed by atoms with Gasteiger partial charge in [0, 0.05) is 26.2 Å². The second kappa shape index (κ2) is 11.3. The van der Waals surface area contributed by atoms with Gasteiger partial charge >= 0.3 is 0 Å². The van der Waals surface area contributed by atoms with E-state index in [9.17, 15) is 8.42 Å². The lowest BCUT2D eigenvalue weighted by atomic mass is 10.2. The summed E-state index contributed by atoms with van der Waals surface area (Å²) in [4.78, 5) is 0. The maximum absolute atomic E-state index is 13.2. The van der Waals surface area contributed by atoms with Crippen molar-refractivity contribution < 1.29 is 8.42 Å². The van der Waals surface area contributed by atoms with Crippen LogP contribution in [0.25, 0.3) is 0 Å². The summed E-state index contributed by atoms with van der Waals surface area (Å²) in [5.74, 6) is 0. The Bertz CT molecular complexity index is 727. The van der Waals surface area contributed by atoms with E-state index in [0.29, 0.717) is 39.1 Å². The van der Waals surface area contributed by atoms with Gasteiger partial charge in [-0.3, -0.25) is 0 Å². The van der Waals surface area contributed by atoms with Gasteiger partial charge in [0.25, 0.3) is 10.2 Å². The van der Waals surface area contributed by atoms with Gasteiger partial charge in [0.2, 0.25) is 0 Å². The third-order valence-electron chi connectivity index (χ3n) is 4.02. The first-order valence-corrected chi connectivity index (χ1v) is 10.0. The Kier molecular flexibility index (Phi) is 9.83. The highest BCUT2D eigenvalue weighted by Crippen LogP contribution is 2.17. The molecule has 0 heterocycles. The minimum Gasteiger partial charge on any atom is -0.330 e. The van der Waals surface area contributed by atoms with Gasteiger partial charge < -0.3 is 5.73 Å². The van der Waals surface area contributed by atoms with E-state index in [1.54, 1.807) is 0 Å². The van der Waals surface area contributed by atoms with Crippen LogP contribution in [0.4, 0.5) is 0 Å². The van der Waals surface area contributed by atoms with E-state index in [2.05, 4.69) is 0 Å². The SMILES string of the molecule is CCN(Cc1ccccc1)S(=O)(=O)N(CCCN)Cc1ccccc1.Cl. The van der Waals surface area contributed by atoms with Crippen molar-refractivity contribution in [3.63, 3.8) is 0 Å². The first kappa shape index (κ1) is 22.6. The van der Waals surface area contributed by atoms with E-state index in [0.717, 1.165) is 11.1 Å². The molecule has 0 saturated carbocycles. The third-order valence-corrected chi connectivity index (χ3v) is 6.02. The maximum atomic E-state index is 13.2. The average molecular weight is 398 g/mol. The zero-order valence-electron chi connectivity index (χ0n) is 15.1. The molecule has 0 aliphatic heterocycles. The van der Waals surface area contributed by atoms with Crippen LogP contribution in [-0.4, -0.2) is 36.7 Å². The summed E-state index contributed by atoms with van der Waals surface area (Å²) in [5.41, 5.74) is 7.56. The fraction of sp³-hybridized carbons (Fsp3) is 0.368. The molecule has 0 aliphatic rings. The highest BCUT2D eigenvalue weighted by Gasteiger charge is 2.28. The molecule has 0 atom stereocenters. The van der Waals surface area contributed by atoms with Gasteiger partial charge in [0.1, 0.15) is 0 Å². The number of hydrogen-bond donors (Lipinski definition) is 1. The maximum Gasteiger partial charge on any atom is 0.282 e. The van der Waals surface area contributed by atoms with Crippen molar-refractivity contribution in [1.82, 2.24) is 8.61 Å². The lowest BCUT2D eigenvalue weighted by Crippen LogP contribution is -2.43. The van der Waals surface area contributed by atoms with Crippen LogP contribution < -0.4 is 5.73 Å². The Morgan fingerprint density at radius 3 is 1.73 bits per heavy atom. The Labute approximate surface area is 163 Å². The van der Waals surface area contributed by atoms with E-state index in [1.165, 1.54) is 8.61 Å². The molecule has 0 unspecified atom stereocenters. The molecule has 5 nitrogen and oxygen atoms in total. The van der Waals surface area contributed by atoms with Gasteiger partial charge in [-0.15, -0.1) is 12.4 Å². The predicted octanol–water partition coefficient (Wildman–Crippen LogP) is 3.03. The topological polar surface area (TPSA) is 66.6 Å². The minimum absolute atomic E-state index is 0. The number of rotatable bonds is 10. The van der Waals surface area contributed by atoms with Gasteiger partial charge in [0.15, 0.2) is 0 Å². The third kappa shape index (κ3) is 6.37. The number of nitrogens with zero attached hydrogens (tertiary/aromatic N) is 2. The Hall–Kier alpha value is -1.44. The summed E-state index contributed by atoms with van der Waals surface area (Å²) < 4.78 is 29.4. The molecule has 0 radical (unpaired) electrons. The fourth-order valence-electron chi connectivity index (χ4n) is 2.64. The van der Waals surface area contributed by atoms with Crippen LogP contribution in [0.15, 0.2) is 60.7 Å². The van der Waals surface area contributed by atoms with Gasteiger partial charge in [0.05, 0.1) is 0 Å². The molecule has 0 saturated heterocycles. The van der Waals surface area contributed by atoms with E-state index in [1.807, 2.05) is 67.6 Å². The quantitative estimate of drug-likeness (QED) is 0.670. The molecular weight excluding hydrogens is 370 g/mol. The molecule has 2 aromatic carbocycles. The number of benzene rings is 2. The first-order chi connectivity index (χ1) is 12.1. The van der Waals surface area contributed by atoms with E-state index >= 15 is 0 Å². The Balaban J connectivity index is 0.00000338. The molecule has 0 fully saturated rings. The molecule has 2 N–H and O–H groups in total. The van der Waals surface area contributed by atoms with E-state index in [4.69, 9.17) is 5.73 Å². The standard InChI is InChI=1S/C19H27N3O2S.ClH/c1-2-21(16-18-10-5-3-6-11-18)25(23,24)22(15-9-14-20)17-19-12-7-4-8-13-19;/h3-8,10-13H,2,9,14-17,20H2,1H3;1H. The molecule has 0 bridgehead atoms. The lowest BCUT2D eigenvalue weighted by Gasteiger charge is -2.29. The normalized spacial score (nSPS) is 11.5. The monoisotopic (exact) mass is 397 g/mol. The fourth-order valence-corrected chi connectivity index (χ4v) is 4.27. The van der Waals surface area contributed by atoms with Crippen LogP contribution in [0.3, 0.4) is 0 Å². The van der Waals surface area contributed by atoms with Crippen LogP contribution >= 0.6 is 12.4 Å². The van der Waals surface area contributed by atoms with Crippen LogP contribution in [0.2, 0.25) is 0 Å². The Morgan fingerprint density at radius 2 is 1.31 bits per heavy atom. The predicted molar refractivity (Wildman–Crippen MR) is 109 cm³/mol. The van der Waals surface area contributed by atoms with Gasteiger partial charge in [-0.2, -0.15) is 17.0 Å². The smallest absolute Gasteiger partial charge is 0.282 e. The average Bonchev–Trinajstić information content (AvgIpc) is 2.64.